The van der Waals surface area contributed by atoms with Gasteiger partial charge < -0.3 is 10.5 Å². The monoisotopic (exact) mass is 293 g/mol. The molecule has 1 atom stereocenters. The molecule has 0 aliphatic carbocycles. The van der Waals surface area contributed by atoms with Gasteiger partial charge in [-0.15, -0.1) is 0 Å². The van der Waals surface area contributed by atoms with Gasteiger partial charge in [0, 0.05) is 36.8 Å². The standard InChI is InChI=1S/C14H19N3O2S/c1-3-19-12-4-5-13(15)14(10-12)20(18)9-7-11-6-8-16-17(11)2/h4-6,8,10H,3,7,9,15H2,1-2H3. The minimum Gasteiger partial charge on any atom is -0.494 e. The van der Waals surface area contributed by atoms with Crippen molar-refractivity contribution >= 4 is 16.5 Å². The average molecular weight is 293 g/mol. The number of benzene rings is 1. The molecule has 0 spiro atoms. The molecule has 0 saturated heterocycles. The minimum absolute atomic E-state index is 0.513. The number of aromatic nitrogens is 2. The van der Waals surface area contributed by atoms with Crippen molar-refractivity contribution in [3.63, 3.8) is 0 Å². The Kier molecular flexibility index (Phi) is 4.79. The Bertz CT molecular complexity index is 610. The maximum absolute atomic E-state index is 12.4. The minimum atomic E-state index is -1.15. The van der Waals surface area contributed by atoms with Gasteiger partial charge >= 0.3 is 0 Å². The van der Waals surface area contributed by atoms with Crippen LogP contribution < -0.4 is 10.5 Å². The summed E-state index contributed by atoms with van der Waals surface area (Å²) in [6.45, 7) is 2.49. The summed E-state index contributed by atoms with van der Waals surface area (Å²) in [6, 6.07) is 7.22. The van der Waals surface area contributed by atoms with Gasteiger partial charge in [0.2, 0.25) is 0 Å². The van der Waals surface area contributed by atoms with Gasteiger partial charge in [0.05, 0.1) is 22.3 Å². The number of hydrogen-bond donors (Lipinski definition) is 1. The van der Waals surface area contributed by atoms with E-state index in [2.05, 4.69) is 5.10 Å². The van der Waals surface area contributed by atoms with Crippen LogP contribution in [-0.4, -0.2) is 26.3 Å². The molecular formula is C14H19N3O2S. The lowest BCUT2D eigenvalue weighted by molar-refractivity contribution is 0.339. The molecule has 1 aromatic heterocycles. The van der Waals surface area contributed by atoms with Crippen molar-refractivity contribution in [3.05, 3.63) is 36.2 Å². The van der Waals surface area contributed by atoms with Gasteiger partial charge in [-0.1, -0.05) is 0 Å². The van der Waals surface area contributed by atoms with Crippen molar-refractivity contribution in [2.75, 3.05) is 18.1 Å². The number of anilines is 1. The second kappa shape index (κ2) is 6.56. The van der Waals surface area contributed by atoms with Gasteiger partial charge in [-0.25, -0.2) is 0 Å². The Morgan fingerprint density at radius 2 is 2.20 bits per heavy atom. The van der Waals surface area contributed by atoms with Gasteiger partial charge in [0.1, 0.15) is 5.75 Å². The summed E-state index contributed by atoms with van der Waals surface area (Å²) >= 11 is 0. The van der Waals surface area contributed by atoms with E-state index >= 15 is 0 Å². The molecule has 6 heteroatoms. The summed E-state index contributed by atoms with van der Waals surface area (Å²) in [5.41, 5.74) is 7.49. The second-order valence-corrected chi connectivity index (χ2v) is 5.92. The van der Waals surface area contributed by atoms with Crippen molar-refractivity contribution in [2.24, 2.45) is 7.05 Å². The highest BCUT2D eigenvalue weighted by Crippen LogP contribution is 2.23. The quantitative estimate of drug-likeness (QED) is 0.824. The average Bonchev–Trinajstić information content (AvgIpc) is 2.84. The zero-order valence-corrected chi connectivity index (χ0v) is 12.5. The molecule has 2 rings (SSSR count). The Labute approximate surface area is 121 Å². The first-order valence-corrected chi connectivity index (χ1v) is 7.81. The van der Waals surface area contributed by atoms with Crippen LogP contribution in [0.15, 0.2) is 35.4 Å². The third kappa shape index (κ3) is 3.39. The van der Waals surface area contributed by atoms with E-state index in [4.69, 9.17) is 10.5 Å². The van der Waals surface area contributed by atoms with E-state index in [-0.39, 0.29) is 0 Å². The molecule has 1 unspecified atom stereocenters. The molecule has 2 N–H and O–H groups in total. The molecule has 20 heavy (non-hydrogen) atoms. The highest BCUT2D eigenvalue weighted by Gasteiger charge is 2.11. The van der Waals surface area contributed by atoms with Crippen LogP contribution in [0.4, 0.5) is 5.69 Å². The predicted molar refractivity (Wildman–Crippen MR) is 80.2 cm³/mol. The lowest BCUT2D eigenvalue weighted by Gasteiger charge is -2.09. The van der Waals surface area contributed by atoms with Gasteiger partial charge in [0.15, 0.2) is 0 Å². The first kappa shape index (κ1) is 14.6. The van der Waals surface area contributed by atoms with Crippen molar-refractivity contribution in [3.8, 4) is 5.75 Å². The number of hydrogen-bond acceptors (Lipinski definition) is 4. The lowest BCUT2D eigenvalue weighted by Crippen LogP contribution is -2.08. The molecule has 1 aromatic carbocycles. The summed E-state index contributed by atoms with van der Waals surface area (Å²) in [5, 5.41) is 4.10. The molecule has 2 aromatic rings. The van der Waals surface area contributed by atoms with E-state index in [0.717, 1.165) is 5.69 Å². The summed E-state index contributed by atoms with van der Waals surface area (Å²) < 4.78 is 19.6. The van der Waals surface area contributed by atoms with Crippen LogP contribution in [0, 0.1) is 0 Å². The molecule has 0 amide bonds. The topological polar surface area (TPSA) is 70.1 Å². The first-order chi connectivity index (χ1) is 9.61. The Morgan fingerprint density at radius 1 is 1.40 bits per heavy atom. The van der Waals surface area contributed by atoms with Crippen LogP contribution in [0.2, 0.25) is 0 Å². The zero-order valence-electron chi connectivity index (χ0n) is 11.7. The molecule has 0 aliphatic rings. The number of nitrogen functional groups attached to an aromatic ring is 1. The van der Waals surface area contributed by atoms with E-state index in [1.165, 1.54) is 0 Å². The fourth-order valence-electron chi connectivity index (χ4n) is 1.92. The number of ether oxygens (including phenoxy) is 1. The van der Waals surface area contributed by atoms with Crippen molar-refractivity contribution in [1.29, 1.82) is 0 Å². The molecule has 0 radical (unpaired) electrons. The van der Waals surface area contributed by atoms with Crippen LogP contribution in [-0.2, 0) is 24.3 Å². The highest BCUT2D eigenvalue weighted by atomic mass is 32.2. The zero-order chi connectivity index (χ0) is 14.5. The Hall–Kier alpha value is -1.82. The van der Waals surface area contributed by atoms with Crippen molar-refractivity contribution in [2.45, 2.75) is 18.2 Å². The maximum atomic E-state index is 12.4. The third-order valence-electron chi connectivity index (χ3n) is 3.01. The van der Waals surface area contributed by atoms with Crippen LogP contribution in [0.3, 0.4) is 0 Å². The summed E-state index contributed by atoms with van der Waals surface area (Å²) in [5.74, 6) is 1.21. The second-order valence-electron chi connectivity index (χ2n) is 4.38. The lowest BCUT2D eigenvalue weighted by atomic mass is 10.3. The smallest absolute Gasteiger partial charge is 0.120 e. The van der Waals surface area contributed by atoms with E-state index in [1.54, 1.807) is 29.1 Å². The summed E-state index contributed by atoms with van der Waals surface area (Å²) in [4.78, 5) is 0.637. The number of nitrogens with zero attached hydrogens (tertiary/aromatic N) is 2. The van der Waals surface area contributed by atoms with Gasteiger partial charge in [0.25, 0.3) is 0 Å². The molecule has 1 heterocycles. The maximum Gasteiger partial charge on any atom is 0.120 e. The molecule has 5 nitrogen and oxygen atoms in total. The Balaban J connectivity index is 2.08. The van der Waals surface area contributed by atoms with Crippen molar-refractivity contribution < 1.29 is 8.95 Å². The fraction of sp³-hybridized carbons (Fsp3) is 0.357. The SMILES string of the molecule is CCOc1ccc(N)c(S(=O)CCc2ccnn2C)c1. The van der Waals surface area contributed by atoms with Gasteiger partial charge in [-0.3, -0.25) is 8.89 Å². The number of rotatable bonds is 6. The Morgan fingerprint density at radius 3 is 2.85 bits per heavy atom. The third-order valence-corrected chi connectivity index (χ3v) is 4.43. The van der Waals surface area contributed by atoms with Gasteiger partial charge in [-0.05, 0) is 31.2 Å². The van der Waals surface area contributed by atoms with E-state index in [0.29, 0.717) is 35.1 Å². The summed E-state index contributed by atoms with van der Waals surface area (Å²) in [6.07, 6.45) is 2.43. The van der Waals surface area contributed by atoms with Crippen LogP contribution in [0.5, 0.6) is 5.75 Å². The number of aryl methyl sites for hydroxylation is 2. The molecule has 0 aliphatic heterocycles. The first-order valence-electron chi connectivity index (χ1n) is 6.49. The summed E-state index contributed by atoms with van der Waals surface area (Å²) in [7, 11) is 0.729. The highest BCUT2D eigenvalue weighted by molar-refractivity contribution is 7.85. The van der Waals surface area contributed by atoms with E-state index in [1.807, 2.05) is 20.0 Å². The van der Waals surface area contributed by atoms with Gasteiger partial charge in [-0.2, -0.15) is 5.10 Å². The number of nitrogens with two attached hydrogens (primary N) is 1. The molecule has 108 valence electrons. The normalized spacial score (nSPS) is 12.3. The molecule has 0 saturated carbocycles. The van der Waals surface area contributed by atoms with Crippen molar-refractivity contribution in [1.82, 2.24) is 9.78 Å². The molecule has 0 fully saturated rings. The van der Waals surface area contributed by atoms with Crippen LogP contribution in [0.25, 0.3) is 0 Å². The van der Waals surface area contributed by atoms with E-state index < -0.39 is 10.8 Å². The van der Waals surface area contributed by atoms with E-state index in [9.17, 15) is 4.21 Å². The largest absolute Gasteiger partial charge is 0.494 e. The predicted octanol–water partition coefficient (Wildman–Crippen LogP) is 1.75. The molecular weight excluding hydrogens is 274 g/mol. The van der Waals surface area contributed by atoms with Crippen LogP contribution >= 0.6 is 0 Å². The molecule has 0 bridgehead atoms. The fourth-order valence-corrected chi connectivity index (χ4v) is 3.12. The van der Waals surface area contributed by atoms with Crippen LogP contribution in [0.1, 0.15) is 12.6 Å².